The molecular formula is C23H19ClN4O3S2. The van der Waals surface area contributed by atoms with E-state index in [2.05, 4.69) is 15.5 Å². The second-order valence-corrected chi connectivity index (χ2v) is 10.5. The molecule has 168 valence electrons. The number of aromatic nitrogens is 2. The topological polar surface area (TPSA) is 92.3 Å². The molecule has 0 unspecified atom stereocenters. The molecule has 10 heteroatoms. The van der Waals surface area contributed by atoms with Crippen LogP contribution in [-0.2, 0) is 10.0 Å². The molecule has 1 aromatic heterocycles. The quantitative estimate of drug-likeness (QED) is 0.392. The Hall–Kier alpha value is -3.27. The molecule has 1 heterocycles. The zero-order valence-electron chi connectivity index (χ0n) is 17.7. The number of rotatable bonds is 6. The Labute approximate surface area is 200 Å². The van der Waals surface area contributed by atoms with Crippen LogP contribution in [0.25, 0.3) is 10.6 Å². The van der Waals surface area contributed by atoms with Crippen molar-refractivity contribution in [3.05, 3.63) is 88.9 Å². The van der Waals surface area contributed by atoms with Crippen molar-refractivity contribution in [1.82, 2.24) is 10.2 Å². The summed E-state index contributed by atoms with van der Waals surface area (Å²) in [6.45, 7) is 1.93. The lowest BCUT2D eigenvalue weighted by molar-refractivity contribution is 0.102. The van der Waals surface area contributed by atoms with Crippen LogP contribution in [0.4, 0.5) is 10.8 Å². The van der Waals surface area contributed by atoms with Gasteiger partial charge in [-0.25, -0.2) is 8.42 Å². The van der Waals surface area contributed by atoms with E-state index in [-0.39, 0.29) is 15.6 Å². The van der Waals surface area contributed by atoms with E-state index < -0.39 is 15.9 Å². The summed E-state index contributed by atoms with van der Waals surface area (Å²) in [7, 11) is -2.38. The highest BCUT2D eigenvalue weighted by molar-refractivity contribution is 7.92. The molecule has 0 atom stereocenters. The Bertz CT molecular complexity index is 1420. The maximum absolute atomic E-state index is 13.1. The van der Waals surface area contributed by atoms with Gasteiger partial charge in [-0.15, -0.1) is 10.2 Å². The van der Waals surface area contributed by atoms with Crippen molar-refractivity contribution in [3.63, 3.8) is 0 Å². The molecule has 0 saturated carbocycles. The van der Waals surface area contributed by atoms with Crippen LogP contribution in [0.3, 0.4) is 0 Å². The van der Waals surface area contributed by atoms with Crippen LogP contribution in [0.5, 0.6) is 0 Å². The maximum atomic E-state index is 13.1. The number of nitrogens with zero attached hydrogens (tertiary/aromatic N) is 3. The fraction of sp³-hybridized carbons (Fsp3) is 0.0870. The van der Waals surface area contributed by atoms with E-state index in [1.54, 1.807) is 18.2 Å². The van der Waals surface area contributed by atoms with Gasteiger partial charge in [0.25, 0.3) is 15.9 Å². The minimum absolute atomic E-state index is 0.00671. The molecule has 0 bridgehead atoms. The number of benzene rings is 3. The number of hydrogen-bond acceptors (Lipinski definition) is 6. The van der Waals surface area contributed by atoms with E-state index in [0.717, 1.165) is 5.56 Å². The average Bonchev–Trinajstić information content (AvgIpc) is 3.27. The zero-order valence-corrected chi connectivity index (χ0v) is 20.1. The maximum Gasteiger partial charge on any atom is 0.264 e. The third-order valence-electron chi connectivity index (χ3n) is 4.90. The number of sulfonamides is 1. The summed E-state index contributed by atoms with van der Waals surface area (Å²) in [5, 5.41) is 12.1. The molecule has 1 N–H and O–H groups in total. The minimum atomic E-state index is -3.86. The fourth-order valence-electron chi connectivity index (χ4n) is 3.04. The monoisotopic (exact) mass is 498 g/mol. The van der Waals surface area contributed by atoms with Crippen LogP contribution in [0.1, 0.15) is 15.9 Å². The van der Waals surface area contributed by atoms with Crippen LogP contribution >= 0.6 is 22.9 Å². The number of carbonyl (C=O) groups excluding carboxylic acids is 1. The summed E-state index contributed by atoms with van der Waals surface area (Å²) >= 11 is 7.37. The number of nitrogens with one attached hydrogen (secondary N) is 1. The Balaban J connectivity index is 1.55. The first kappa shape index (κ1) is 22.9. The van der Waals surface area contributed by atoms with Crippen molar-refractivity contribution in [2.24, 2.45) is 0 Å². The molecule has 3 aromatic carbocycles. The van der Waals surface area contributed by atoms with Crippen molar-refractivity contribution < 1.29 is 13.2 Å². The molecule has 4 aromatic rings. The number of amides is 1. The van der Waals surface area contributed by atoms with Gasteiger partial charge >= 0.3 is 0 Å². The van der Waals surface area contributed by atoms with Gasteiger partial charge in [-0.2, -0.15) is 0 Å². The fourth-order valence-corrected chi connectivity index (χ4v) is 5.34. The van der Waals surface area contributed by atoms with Crippen LogP contribution in [0.2, 0.25) is 5.02 Å². The number of anilines is 2. The van der Waals surface area contributed by atoms with Gasteiger partial charge in [-0.3, -0.25) is 14.4 Å². The lowest BCUT2D eigenvalue weighted by Crippen LogP contribution is -2.26. The summed E-state index contributed by atoms with van der Waals surface area (Å²) in [5.74, 6) is -0.494. The first-order chi connectivity index (χ1) is 15.8. The smallest absolute Gasteiger partial charge is 0.264 e. The van der Waals surface area contributed by atoms with Gasteiger partial charge in [0.2, 0.25) is 5.13 Å². The van der Waals surface area contributed by atoms with Crippen molar-refractivity contribution >= 4 is 49.7 Å². The second kappa shape index (κ2) is 9.30. The molecule has 7 nitrogen and oxygen atoms in total. The average molecular weight is 499 g/mol. The zero-order chi connectivity index (χ0) is 23.6. The van der Waals surface area contributed by atoms with E-state index in [1.807, 2.05) is 37.3 Å². The molecule has 0 aliphatic heterocycles. The lowest BCUT2D eigenvalue weighted by Gasteiger charge is -2.20. The molecule has 1 amide bonds. The van der Waals surface area contributed by atoms with E-state index in [9.17, 15) is 13.2 Å². The Morgan fingerprint density at radius 2 is 1.73 bits per heavy atom. The standard InChI is InChI=1S/C23H19ClN4O3S2/c1-15-10-12-17(13-11-15)28(2)33(30,31)18-7-5-6-16(14-18)21(29)25-23-27-26-22(32-23)19-8-3-4-9-20(19)24/h3-14H,1-2H3,(H,25,27,29). The number of halogens is 1. The highest BCUT2D eigenvalue weighted by Crippen LogP contribution is 2.32. The summed E-state index contributed by atoms with van der Waals surface area (Å²) in [6.07, 6.45) is 0. The predicted molar refractivity (Wildman–Crippen MR) is 132 cm³/mol. The van der Waals surface area contributed by atoms with Crippen molar-refractivity contribution in [3.8, 4) is 10.6 Å². The Morgan fingerprint density at radius 3 is 2.45 bits per heavy atom. The van der Waals surface area contributed by atoms with E-state index in [4.69, 9.17) is 11.6 Å². The van der Waals surface area contributed by atoms with Crippen LogP contribution < -0.4 is 9.62 Å². The van der Waals surface area contributed by atoms with Gasteiger partial charge < -0.3 is 0 Å². The molecule has 0 radical (unpaired) electrons. The molecule has 0 aliphatic carbocycles. The van der Waals surface area contributed by atoms with Crippen molar-refractivity contribution in [2.75, 3.05) is 16.7 Å². The molecule has 0 spiro atoms. The van der Waals surface area contributed by atoms with E-state index >= 15 is 0 Å². The first-order valence-corrected chi connectivity index (χ1v) is 12.4. The molecule has 0 fully saturated rings. The third-order valence-corrected chi connectivity index (χ3v) is 7.89. The summed E-state index contributed by atoms with van der Waals surface area (Å²) in [6, 6.07) is 20.2. The van der Waals surface area contributed by atoms with E-state index in [0.29, 0.717) is 21.3 Å². The SMILES string of the molecule is Cc1ccc(N(C)S(=O)(=O)c2cccc(C(=O)Nc3nnc(-c4ccccc4Cl)s3)c2)cc1. The number of carbonyl (C=O) groups is 1. The van der Waals surface area contributed by atoms with E-state index in [1.165, 1.54) is 47.0 Å². The molecule has 4 rings (SSSR count). The largest absolute Gasteiger partial charge is 0.296 e. The van der Waals surface area contributed by atoms with Gasteiger partial charge in [-0.05, 0) is 43.3 Å². The Kier molecular flexibility index (Phi) is 6.46. The van der Waals surface area contributed by atoms with Crippen LogP contribution in [-0.4, -0.2) is 31.6 Å². The highest BCUT2D eigenvalue weighted by atomic mass is 35.5. The molecule has 33 heavy (non-hydrogen) atoms. The first-order valence-electron chi connectivity index (χ1n) is 9.81. The molecule has 0 aliphatic rings. The summed E-state index contributed by atoms with van der Waals surface area (Å²) < 4.78 is 27.4. The van der Waals surface area contributed by atoms with Gasteiger partial charge in [0.1, 0.15) is 0 Å². The predicted octanol–water partition coefficient (Wildman–Crippen LogP) is 5.24. The molecule has 0 saturated heterocycles. The highest BCUT2D eigenvalue weighted by Gasteiger charge is 2.23. The van der Waals surface area contributed by atoms with Crippen molar-refractivity contribution in [2.45, 2.75) is 11.8 Å². The lowest BCUT2D eigenvalue weighted by atomic mass is 10.2. The van der Waals surface area contributed by atoms with Crippen molar-refractivity contribution in [1.29, 1.82) is 0 Å². The number of hydrogen-bond donors (Lipinski definition) is 1. The normalized spacial score (nSPS) is 11.2. The van der Waals surface area contributed by atoms with Crippen LogP contribution in [0.15, 0.2) is 77.7 Å². The van der Waals surface area contributed by atoms with Gasteiger partial charge in [0, 0.05) is 18.2 Å². The third kappa shape index (κ3) is 4.90. The van der Waals surface area contributed by atoms with Gasteiger partial charge in [0.15, 0.2) is 5.01 Å². The minimum Gasteiger partial charge on any atom is -0.296 e. The summed E-state index contributed by atoms with van der Waals surface area (Å²) in [4.78, 5) is 12.8. The number of aryl methyl sites for hydroxylation is 1. The molecular weight excluding hydrogens is 480 g/mol. The summed E-state index contributed by atoms with van der Waals surface area (Å²) in [5.41, 5.74) is 2.45. The van der Waals surface area contributed by atoms with Gasteiger partial charge in [0.05, 0.1) is 15.6 Å². The van der Waals surface area contributed by atoms with Gasteiger partial charge in [-0.1, -0.05) is 64.9 Å². The van der Waals surface area contributed by atoms with Crippen LogP contribution in [0, 0.1) is 6.92 Å². The second-order valence-electron chi connectivity index (χ2n) is 7.18. The Morgan fingerprint density at radius 1 is 1.00 bits per heavy atom.